The van der Waals surface area contributed by atoms with Gasteiger partial charge in [-0.1, -0.05) is 97.1 Å². The number of aromatic nitrogens is 2. The van der Waals surface area contributed by atoms with Gasteiger partial charge in [-0.2, -0.15) is 0 Å². The molecule has 14 nitrogen and oxygen atoms in total. The molecule has 2 fully saturated rings. The minimum atomic E-state index is -0.859. The summed E-state index contributed by atoms with van der Waals surface area (Å²) in [5.41, 5.74) is 5.79. The first-order valence-electron chi connectivity index (χ1n) is 20.6. The van der Waals surface area contributed by atoms with Gasteiger partial charge in [0.25, 0.3) is 0 Å². The van der Waals surface area contributed by atoms with Crippen LogP contribution in [0.2, 0.25) is 0 Å². The number of aromatic amines is 1. The Morgan fingerprint density at radius 3 is 1.82 bits per heavy atom. The van der Waals surface area contributed by atoms with Crippen LogP contribution in [0.15, 0.2) is 115 Å². The van der Waals surface area contributed by atoms with Gasteiger partial charge in [-0.05, 0) is 73.1 Å². The lowest BCUT2D eigenvalue weighted by atomic mass is 10.0. The molecule has 2 saturated heterocycles. The maximum absolute atomic E-state index is 14.0. The van der Waals surface area contributed by atoms with Gasteiger partial charge in [-0.15, -0.1) is 0 Å². The maximum atomic E-state index is 14.0. The highest BCUT2D eigenvalue weighted by Crippen LogP contribution is 2.34. The molecule has 3 heterocycles. The van der Waals surface area contributed by atoms with Crippen molar-refractivity contribution in [2.75, 3.05) is 38.0 Å². The van der Waals surface area contributed by atoms with E-state index in [1.807, 2.05) is 116 Å². The highest BCUT2D eigenvalue weighted by molar-refractivity contribution is 5.95. The van der Waals surface area contributed by atoms with Gasteiger partial charge in [-0.25, -0.2) is 14.6 Å². The van der Waals surface area contributed by atoms with Crippen LogP contribution in [0.1, 0.15) is 68.2 Å². The van der Waals surface area contributed by atoms with Gasteiger partial charge in [-0.3, -0.25) is 14.4 Å². The van der Waals surface area contributed by atoms with Gasteiger partial charge in [0.15, 0.2) is 0 Å². The van der Waals surface area contributed by atoms with E-state index in [-0.39, 0.29) is 36.2 Å². The average molecular weight is 810 g/mol. The number of hydrogen-bond donors (Lipinski definition) is 6. The van der Waals surface area contributed by atoms with E-state index in [0.717, 1.165) is 35.2 Å². The van der Waals surface area contributed by atoms with Crippen LogP contribution in [0.5, 0.6) is 0 Å². The first-order chi connectivity index (χ1) is 29.2. The van der Waals surface area contributed by atoms with Crippen molar-refractivity contribution in [2.45, 2.75) is 51.2 Å². The van der Waals surface area contributed by atoms with Crippen LogP contribution in [0.3, 0.4) is 0 Å². The summed E-state index contributed by atoms with van der Waals surface area (Å²) in [7, 11) is 0. The molecule has 4 atom stereocenters. The first kappa shape index (κ1) is 41.2. The number of nitrogens with zero attached hydrogens (tertiary/aromatic N) is 3. The topological polar surface area (TPSA) is 181 Å². The number of anilines is 1. The van der Waals surface area contributed by atoms with E-state index in [1.165, 1.54) is 0 Å². The third kappa shape index (κ3) is 9.66. The van der Waals surface area contributed by atoms with Crippen molar-refractivity contribution in [3.63, 3.8) is 0 Å². The van der Waals surface area contributed by atoms with E-state index < -0.39 is 24.1 Å². The zero-order valence-corrected chi connectivity index (χ0v) is 33.8. The molecule has 0 radical (unpaired) electrons. The van der Waals surface area contributed by atoms with E-state index in [1.54, 1.807) is 23.2 Å². The average Bonchev–Trinajstić information content (AvgIpc) is 4.08. The van der Waals surface area contributed by atoms with E-state index in [9.17, 15) is 24.0 Å². The maximum Gasteiger partial charge on any atom is 0.315 e. The molecule has 0 unspecified atom stereocenters. The molecule has 60 heavy (non-hydrogen) atoms. The Kier molecular flexibility index (Phi) is 13.2. The molecule has 7 rings (SSSR count). The minimum Gasteiger partial charge on any atom is -0.340 e. The second kappa shape index (κ2) is 19.2. The predicted octanol–water partition coefficient (Wildman–Crippen LogP) is 6.32. The van der Waals surface area contributed by atoms with E-state index >= 15 is 0 Å². The van der Waals surface area contributed by atoms with E-state index in [4.69, 9.17) is 4.98 Å². The summed E-state index contributed by atoms with van der Waals surface area (Å²) < 4.78 is 0. The third-order valence-electron chi connectivity index (χ3n) is 11.0. The number of benzene rings is 4. The molecule has 6 N–H and O–H groups in total. The predicted molar refractivity (Wildman–Crippen MR) is 229 cm³/mol. The number of likely N-dealkylation sites (tertiary alicyclic amines) is 2. The summed E-state index contributed by atoms with van der Waals surface area (Å²) in [4.78, 5) is 77.4. The molecule has 0 aliphatic carbocycles. The number of hydrogen-bond acceptors (Lipinski definition) is 6. The van der Waals surface area contributed by atoms with Crippen molar-refractivity contribution in [1.82, 2.24) is 41.0 Å². The summed E-state index contributed by atoms with van der Waals surface area (Å²) in [5, 5.41) is 14.1. The third-order valence-corrected chi connectivity index (χ3v) is 11.0. The fourth-order valence-electron chi connectivity index (χ4n) is 7.87. The van der Waals surface area contributed by atoms with Crippen molar-refractivity contribution >= 4 is 35.5 Å². The van der Waals surface area contributed by atoms with Crippen molar-refractivity contribution in [2.24, 2.45) is 5.92 Å². The summed E-state index contributed by atoms with van der Waals surface area (Å²) in [6.45, 7) is 5.75. The second-order valence-corrected chi connectivity index (χ2v) is 15.0. The Hall–Kier alpha value is -6.96. The number of carbonyl (C=O) groups is 5. The monoisotopic (exact) mass is 809 g/mol. The minimum absolute atomic E-state index is 0.161. The van der Waals surface area contributed by atoms with Crippen LogP contribution in [0.4, 0.5) is 15.3 Å². The van der Waals surface area contributed by atoms with Crippen LogP contribution < -0.4 is 26.6 Å². The molecule has 5 aromatic rings. The van der Waals surface area contributed by atoms with E-state index in [0.29, 0.717) is 55.2 Å². The molecule has 0 bridgehead atoms. The molecule has 0 spiro atoms. The van der Waals surface area contributed by atoms with Gasteiger partial charge in [0.1, 0.15) is 17.9 Å². The normalized spacial score (nSPS) is 17.0. The van der Waals surface area contributed by atoms with Crippen LogP contribution in [0.25, 0.3) is 22.4 Å². The van der Waals surface area contributed by atoms with Gasteiger partial charge >= 0.3 is 12.1 Å². The molecular weight excluding hydrogens is 759 g/mol. The fraction of sp³-hybridized carbons (Fsp3) is 0.304. The molecule has 2 aliphatic rings. The number of nitrogens with one attached hydrogen (secondary N) is 6. The van der Waals surface area contributed by atoms with Crippen LogP contribution >= 0.6 is 0 Å². The zero-order chi connectivity index (χ0) is 42.0. The number of H-pyrrole nitrogens is 1. The lowest BCUT2D eigenvalue weighted by molar-refractivity contribution is -0.134. The molecule has 310 valence electrons. The molecule has 2 aliphatic heterocycles. The molecule has 7 amide bonds. The standard InChI is InChI=1S/C46H51N9O5/c1-3-47-45(59)52-39(33-12-7-5-8-13-33)43(57)54-27-25-35(29-54)42(56)50-36-23-21-31(22-24-36)30-17-19-32(20-18-30)37-28-49-41(51-37)38-16-11-26-55(38)44(58)40(53-46(60)48-4-2)34-14-9-6-10-15-34/h5-10,12-15,17-24,28,35,38-40H,3-4,11,16,25-27,29H2,1-2H3,(H,49,51)(H,50,56)(H2,47,52,59)(H2,48,53,60)/t35-,38+,39+,40-/m1/s1. The van der Waals surface area contributed by atoms with Gasteiger partial charge in [0, 0.05) is 38.4 Å². The van der Waals surface area contributed by atoms with Crippen LogP contribution in [0, 0.1) is 5.92 Å². The van der Waals surface area contributed by atoms with Crippen LogP contribution in [-0.4, -0.2) is 82.3 Å². The Morgan fingerprint density at radius 1 is 0.683 bits per heavy atom. The molecule has 4 aromatic carbocycles. The number of carbonyl (C=O) groups excluding carboxylic acids is 5. The van der Waals surface area contributed by atoms with Gasteiger partial charge in [0.05, 0.1) is 23.9 Å². The van der Waals surface area contributed by atoms with Crippen molar-refractivity contribution in [1.29, 1.82) is 0 Å². The largest absolute Gasteiger partial charge is 0.340 e. The lowest BCUT2D eigenvalue weighted by Crippen LogP contribution is -2.46. The zero-order valence-electron chi connectivity index (χ0n) is 33.8. The highest BCUT2D eigenvalue weighted by atomic mass is 16.2. The van der Waals surface area contributed by atoms with Crippen molar-refractivity contribution < 1.29 is 24.0 Å². The molecule has 14 heteroatoms. The number of rotatable bonds is 13. The fourth-order valence-corrected chi connectivity index (χ4v) is 7.87. The summed E-state index contributed by atoms with van der Waals surface area (Å²) in [6.07, 6.45) is 3.88. The Labute approximate surface area is 349 Å². The lowest BCUT2D eigenvalue weighted by Gasteiger charge is -2.28. The van der Waals surface area contributed by atoms with Gasteiger partial charge in [0.2, 0.25) is 17.7 Å². The van der Waals surface area contributed by atoms with Crippen LogP contribution in [-0.2, 0) is 14.4 Å². The Balaban J connectivity index is 0.952. The second-order valence-electron chi connectivity index (χ2n) is 15.0. The number of urea groups is 2. The molecular formula is C46H51N9O5. The van der Waals surface area contributed by atoms with Gasteiger partial charge < -0.3 is 41.4 Å². The van der Waals surface area contributed by atoms with E-state index in [2.05, 4.69) is 31.6 Å². The first-order valence-corrected chi connectivity index (χ1v) is 20.6. The molecule has 1 aromatic heterocycles. The van der Waals surface area contributed by atoms with Crippen molar-refractivity contribution in [3.05, 3.63) is 132 Å². The highest BCUT2D eigenvalue weighted by Gasteiger charge is 2.38. The smallest absolute Gasteiger partial charge is 0.315 e. The number of imidazole rings is 1. The summed E-state index contributed by atoms with van der Waals surface area (Å²) in [5.74, 6) is -0.278. The Bertz CT molecular complexity index is 2260. The Morgan fingerprint density at radius 2 is 1.23 bits per heavy atom. The summed E-state index contributed by atoms with van der Waals surface area (Å²) >= 11 is 0. The van der Waals surface area contributed by atoms with Crippen molar-refractivity contribution in [3.8, 4) is 22.4 Å². The number of amides is 7. The summed E-state index contributed by atoms with van der Waals surface area (Å²) in [6, 6.07) is 31.3. The SMILES string of the molecule is CCNC(=O)N[C@H](C(=O)N1CC[C@@H](C(=O)Nc2ccc(-c3ccc(-c4cnc([C@@H]5CCCN5C(=O)[C@H](NC(=O)NCC)c5ccccc5)[nH]4)cc3)cc2)C1)c1ccccc1. The molecule has 0 saturated carbocycles. The quantitative estimate of drug-likeness (QED) is 0.0811.